The van der Waals surface area contributed by atoms with Crippen LogP contribution in [0.25, 0.3) is 0 Å². The average molecular weight is 311 g/mol. The van der Waals surface area contributed by atoms with Gasteiger partial charge in [-0.05, 0) is 24.6 Å². The molecule has 82 valence electrons. The van der Waals surface area contributed by atoms with E-state index in [0.717, 1.165) is 4.47 Å². The molecule has 15 heavy (non-hydrogen) atoms. The molecule has 1 aromatic rings. The lowest BCUT2D eigenvalue weighted by atomic mass is 10.3. The lowest BCUT2D eigenvalue weighted by Gasteiger charge is -2.18. The fourth-order valence-electron chi connectivity index (χ4n) is 1.59. The molecular formula is C9H9BrClNO2S. The van der Waals surface area contributed by atoms with Crippen molar-refractivity contribution >= 4 is 43.2 Å². The van der Waals surface area contributed by atoms with E-state index in [1.54, 1.807) is 18.2 Å². The van der Waals surface area contributed by atoms with Crippen LogP contribution < -0.4 is 4.31 Å². The highest BCUT2D eigenvalue weighted by Gasteiger charge is 2.29. The average Bonchev–Trinajstić information content (AvgIpc) is 2.50. The first-order chi connectivity index (χ1) is 7.00. The number of anilines is 1. The minimum atomic E-state index is -3.15. The summed E-state index contributed by atoms with van der Waals surface area (Å²) < 4.78 is 25.6. The molecule has 0 saturated carbocycles. The van der Waals surface area contributed by atoms with Crippen LogP contribution in [-0.2, 0) is 10.0 Å². The third-order valence-electron chi connectivity index (χ3n) is 2.28. The van der Waals surface area contributed by atoms with Gasteiger partial charge in [0.25, 0.3) is 0 Å². The van der Waals surface area contributed by atoms with Crippen LogP contribution in [0.3, 0.4) is 0 Å². The summed E-state index contributed by atoms with van der Waals surface area (Å²) in [5, 5.41) is 0.462. The number of halogens is 2. The summed E-state index contributed by atoms with van der Waals surface area (Å²) >= 11 is 9.28. The zero-order chi connectivity index (χ0) is 11.1. The molecule has 1 fully saturated rings. The fraction of sp³-hybridized carbons (Fsp3) is 0.333. The van der Waals surface area contributed by atoms with Gasteiger partial charge in [0.2, 0.25) is 10.0 Å². The summed E-state index contributed by atoms with van der Waals surface area (Å²) in [6.45, 7) is 0.512. The second kappa shape index (κ2) is 3.96. The Balaban J connectivity index is 2.50. The first-order valence-corrected chi connectivity index (χ1v) is 7.24. The van der Waals surface area contributed by atoms with Gasteiger partial charge in [-0.1, -0.05) is 27.5 Å². The maximum atomic E-state index is 11.7. The van der Waals surface area contributed by atoms with Crippen LogP contribution in [0.15, 0.2) is 22.7 Å². The molecule has 1 saturated heterocycles. The first-order valence-electron chi connectivity index (χ1n) is 4.46. The molecule has 0 radical (unpaired) electrons. The van der Waals surface area contributed by atoms with E-state index in [4.69, 9.17) is 11.6 Å². The summed E-state index contributed by atoms with van der Waals surface area (Å²) in [4.78, 5) is 0. The molecule has 0 unspecified atom stereocenters. The number of benzene rings is 1. The van der Waals surface area contributed by atoms with Crippen molar-refractivity contribution in [2.24, 2.45) is 0 Å². The third-order valence-corrected chi connectivity index (χ3v) is 4.94. The Morgan fingerprint density at radius 1 is 1.40 bits per heavy atom. The molecule has 1 aliphatic heterocycles. The Bertz CT molecular complexity index is 489. The molecule has 0 N–H and O–H groups in total. The van der Waals surface area contributed by atoms with E-state index in [9.17, 15) is 8.42 Å². The second-order valence-electron chi connectivity index (χ2n) is 3.34. The number of hydrogen-bond donors (Lipinski definition) is 0. The molecule has 0 bridgehead atoms. The van der Waals surface area contributed by atoms with E-state index in [1.807, 2.05) is 0 Å². The van der Waals surface area contributed by atoms with Crippen molar-refractivity contribution in [3.63, 3.8) is 0 Å². The Labute approximate surface area is 102 Å². The van der Waals surface area contributed by atoms with E-state index in [-0.39, 0.29) is 5.75 Å². The van der Waals surface area contributed by atoms with Gasteiger partial charge in [-0.25, -0.2) is 8.42 Å². The van der Waals surface area contributed by atoms with E-state index in [0.29, 0.717) is 23.7 Å². The topological polar surface area (TPSA) is 37.4 Å². The zero-order valence-electron chi connectivity index (χ0n) is 7.78. The van der Waals surface area contributed by atoms with Gasteiger partial charge in [0.05, 0.1) is 16.5 Å². The SMILES string of the molecule is O=S1(=O)CCCN1c1cc(Br)ccc1Cl. The smallest absolute Gasteiger partial charge is 0.235 e. The van der Waals surface area contributed by atoms with Crippen molar-refractivity contribution in [2.75, 3.05) is 16.6 Å². The van der Waals surface area contributed by atoms with Gasteiger partial charge in [-0.3, -0.25) is 4.31 Å². The normalized spacial score (nSPS) is 19.5. The van der Waals surface area contributed by atoms with Crippen molar-refractivity contribution in [1.82, 2.24) is 0 Å². The van der Waals surface area contributed by atoms with Gasteiger partial charge in [-0.15, -0.1) is 0 Å². The Morgan fingerprint density at radius 3 is 2.73 bits per heavy atom. The molecule has 1 aliphatic rings. The summed E-state index contributed by atoms with van der Waals surface area (Å²) in [5.74, 6) is 0.204. The van der Waals surface area contributed by atoms with Crippen LogP contribution in [-0.4, -0.2) is 20.7 Å². The fourth-order valence-corrected chi connectivity index (χ4v) is 3.78. The zero-order valence-corrected chi connectivity index (χ0v) is 10.9. The quantitative estimate of drug-likeness (QED) is 0.799. The highest BCUT2D eigenvalue weighted by molar-refractivity contribution is 9.10. The van der Waals surface area contributed by atoms with E-state index >= 15 is 0 Å². The molecule has 2 rings (SSSR count). The molecule has 1 aromatic carbocycles. The van der Waals surface area contributed by atoms with Gasteiger partial charge in [0.15, 0.2) is 0 Å². The van der Waals surface area contributed by atoms with Crippen LogP contribution >= 0.6 is 27.5 Å². The lowest BCUT2D eigenvalue weighted by molar-refractivity contribution is 0.599. The minimum absolute atomic E-state index is 0.204. The highest BCUT2D eigenvalue weighted by Crippen LogP contribution is 2.33. The molecule has 0 amide bonds. The van der Waals surface area contributed by atoms with Gasteiger partial charge in [0, 0.05) is 11.0 Å². The summed E-state index contributed by atoms with van der Waals surface area (Å²) in [6.07, 6.45) is 0.658. The molecule has 0 atom stereocenters. The maximum Gasteiger partial charge on any atom is 0.235 e. The van der Waals surface area contributed by atoms with Gasteiger partial charge in [-0.2, -0.15) is 0 Å². The van der Waals surface area contributed by atoms with Crippen LogP contribution in [0.5, 0.6) is 0 Å². The van der Waals surface area contributed by atoms with E-state index in [2.05, 4.69) is 15.9 Å². The van der Waals surface area contributed by atoms with Crippen LogP contribution in [0.2, 0.25) is 5.02 Å². The van der Waals surface area contributed by atoms with E-state index < -0.39 is 10.0 Å². The second-order valence-corrected chi connectivity index (χ2v) is 6.67. The Morgan fingerprint density at radius 2 is 2.13 bits per heavy atom. The molecule has 3 nitrogen and oxygen atoms in total. The Hall–Kier alpha value is -0.260. The largest absolute Gasteiger partial charge is 0.269 e. The van der Waals surface area contributed by atoms with Crippen molar-refractivity contribution in [2.45, 2.75) is 6.42 Å². The van der Waals surface area contributed by atoms with Crippen molar-refractivity contribution in [1.29, 1.82) is 0 Å². The standard InChI is InChI=1S/C9H9BrClNO2S/c10-7-2-3-8(11)9(6-7)12-4-1-5-15(12,13)14/h2-3,6H,1,4-5H2. The highest BCUT2D eigenvalue weighted by atomic mass is 79.9. The van der Waals surface area contributed by atoms with Crippen molar-refractivity contribution in [3.05, 3.63) is 27.7 Å². The molecular weight excluding hydrogens is 302 g/mol. The number of sulfonamides is 1. The van der Waals surface area contributed by atoms with E-state index in [1.165, 1.54) is 4.31 Å². The van der Waals surface area contributed by atoms with Crippen LogP contribution in [0.1, 0.15) is 6.42 Å². The van der Waals surface area contributed by atoms with Crippen molar-refractivity contribution in [3.8, 4) is 0 Å². The summed E-state index contributed by atoms with van der Waals surface area (Å²) in [5.41, 5.74) is 0.559. The monoisotopic (exact) mass is 309 g/mol. The number of hydrogen-bond acceptors (Lipinski definition) is 2. The molecule has 0 aliphatic carbocycles. The minimum Gasteiger partial charge on any atom is -0.269 e. The number of nitrogens with zero attached hydrogens (tertiary/aromatic N) is 1. The molecule has 6 heteroatoms. The third kappa shape index (κ3) is 2.14. The summed E-state index contributed by atoms with van der Waals surface area (Å²) in [7, 11) is -3.15. The van der Waals surface area contributed by atoms with Crippen LogP contribution in [0, 0.1) is 0 Å². The molecule has 0 spiro atoms. The number of rotatable bonds is 1. The maximum absolute atomic E-state index is 11.7. The summed E-state index contributed by atoms with van der Waals surface area (Å²) in [6, 6.07) is 5.20. The molecule has 0 aromatic heterocycles. The lowest BCUT2D eigenvalue weighted by Crippen LogP contribution is -2.25. The predicted octanol–water partition coefficient (Wildman–Crippen LogP) is 2.64. The first kappa shape index (κ1) is 11.2. The van der Waals surface area contributed by atoms with Crippen LogP contribution in [0.4, 0.5) is 5.69 Å². The Kier molecular flexibility index (Phi) is 2.96. The van der Waals surface area contributed by atoms with Crippen molar-refractivity contribution < 1.29 is 8.42 Å². The van der Waals surface area contributed by atoms with Gasteiger partial charge < -0.3 is 0 Å². The van der Waals surface area contributed by atoms with Gasteiger partial charge in [0.1, 0.15) is 0 Å². The predicted molar refractivity (Wildman–Crippen MR) is 64.9 cm³/mol. The molecule has 1 heterocycles. The van der Waals surface area contributed by atoms with Gasteiger partial charge >= 0.3 is 0 Å².